The van der Waals surface area contributed by atoms with Gasteiger partial charge in [-0.3, -0.25) is 4.79 Å². The van der Waals surface area contributed by atoms with Crippen molar-refractivity contribution in [2.45, 2.75) is 25.3 Å². The van der Waals surface area contributed by atoms with E-state index in [9.17, 15) is 4.79 Å². The van der Waals surface area contributed by atoms with Crippen LogP contribution in [0.5, 0.6) is 0 Å². The average molecular weight is 196 g/mol. The number of aliphatic hydroxyl groups excluding tert-OH is 1. The van der Waals surface area contributed by atoms with Crippen LogP contribution < -0.4 is 5.32 Å². The Balaban J connectivity index is 2.07. The van der Waals surface area contributed by atoms with Gasteiger partial charge in [-0.05, 0) is 19.8 Å². The molecule has 1 aromatic heterocycles. The van der Waals surface area contributed by atoms with E-state index in [1.54, 1.807) is 6.92 Å². The lowest BCUT2D eigenvalue weighted by atomic mass is 10.2. The van der Waals surface area contributed by atoms with Crippen LogP contribution in [0.15, 0.2) is 10.7 Å². The van der Waals surface area contributed by atoms with Crippen LogP contribution >= 0.6 is 0 Å². The Kier molecular flexibility index (Phi) is 2.03. The van der Waals surface area contributed by atoms with E-state index in [1.807, 2.05) is 0 Å². The van der Waals surface area contributed by atoms with Crippen molar-refractivity contribution in [1.82, 2.24) is 10.5 Å². The van der Waals surface area contributed by atoms with Gasteiger partial charge in [-0.2, -0.15) is 0 Å². The molecule has 1 heterocycles. The number of amides is 1. The predicted molar refractivity (Wildman–Crippen MR) is 47.8 cm³/mol. The molecule has 0 unspecified atom stereocenters. The standard InChI is InChI=1S/C9H12N2O3/c1-6-7(4-10-14-6)8(13)11-9(5-12)2-3-9/h4,12H,2-3,5H2,1H3,(H,11,13). The third-order valence-electron chi connectivity index (χ3n) is 2.53. The second kappa shape index (κ2) is 3.09. The Morgan fingerprint density at radius 2 is 2.50 bits per heavy atom. The van der Waals surface area contributed by atoms with E-state index in [1.165, 1.54) is 6.20 Å². The van der Waals surface area contributed by atoms with Gasteiger partial charge in [0.25, 0.3) is 5.91 Å². The lowest BCUT2D eigenvalue weighted by molar-refractivity contribution is 0.0905. The number of carbonyl (C=O) groups excluding carboxylic acids is 1. The minimum absolute atomic E-state index is 0.0108. The van der Waals surface area contributed by atoms with Crippen molar-refractivity contribution in [3.8, 4) is 0 Å². The molecular formula is C9H12N2O3. The third kappa shape index (κ3) is 1.50. The van der Waals surface area contributed by atoms with Gasteiger partial charge in [-0.25, -0.2) is 0 Å². The molecule has 1 aromatic rings. The maximum absolute atomic E-state index is 11.6. The molecule has 1 saturated carbocycles. The summed E-state index contributed by atoms with van der Waals surface area (Å²) < 4.78 is 4.78. The molecule has 0 spiro atoms. The first-order valence-corrected chi connectivity index (χ1v) is 4.51. The number of carbonyl (C=O) groups is 1. The highest BCUT2D eigenvalue weighted by molar-refractivity contribution is 5.95. The molecule has 14 heavy (non-hydrogen) atoms. The van der Waals surface area contributed by atoms with Crippen molar-refractivity contribution in [2.75, 3.05) is 6.61 Å². The van der Waals surface area contributed by atoms with Gasteiger partial charge in [0, 0.05) is 0 Å². The number of aryl methyl sites for hydroxylation is 1. The Labute approximate surface area is 81.1 Å². The van der Waals surface area contributed by atoms with Gasteiger partial charge in [0.05, 0.1) is 18.3 Å². The number of aromatic nitrogens is 1. The van der Waals surface area contributed by atoms with Crippen molar-refractivity contribution in [3.63, 3.8) is 0 Å². The smallest absolute Gasteiger partial charge is 0.257 e. The average Bonchev–Trinajstić information content (AvgIpc) is 2.80. The number of rotatable bonds is 3. The summed E-state index contributed by atoms with van der Waals surface area (Å²) in [6.45, 7) is 1.67. The zero-order chi connectivity index (χ0) is 10.2. The molecule has 1 amide bonds. The van der Waals surface area contributed by atoms with Gasteiger partial charge in [0.2, 0.25) is 0 Å². The maximum atomic E-state index is 11.6. The molecule has 0 bridgehead atoms. The highest BCUT2D eigenvalue weighted by atomic mass is 16.5. The van der Waals surface area contributed by atoms with E-state index < -0.39 is 0 Å². The van der Waals surface area contributed by atoms with E-state index >= 15 is 0 Å². The fourth-order valence-corrected chi connectivity index (χ4v) is 1.30. The Bertz CT molecular complexity index is 355. The largest absolute Gasteiger partial charge is 0.394 e. The summed E-state index contributed by atoms with van der Waals surface area (Å²) >= 11 is 0. The number of hydrogen-bond acceptors (Lipinski definition) is 4. The third-order valence-corrected chi connectivity index (χ3v) is 2.53. The number of hydrogen-bond donors (Lipinski definition) is 2. The molecule has 0 aliphatic heterocycles. The molecule has 0 aromatic carbocycles. The van der Waals surface area contributed by atoms with E-state index in [0.29, 0.717) is 11.3 Å². The predicted octanol–water partition coefficient (Wildman–Crippen LogP) is 0.238. The van der Waals surface area contributed by atoms with E-state index in [2.05, 4.69) is 10.5 Å². The highest BCUT2D eigenvalue weighted by Gasteiger charge is 2.43. The van der Waals surface area contributed by atoms with Crippen LogP contribution in [0.3, 0.4) is 0 Å². The summed E-state index contributed by atoms with van der Waals surface area (Å²) in [5, 5.41) is 15.3. The van der Waals surface area contributed by atoms with Crippen molar-refractivity contribution in [2.24, 2.45) is 0 Å². The lowest BCUT2D eigenvalue weighted by Gasteiger charge is -2.12. The van der Waals surface area contributed by atoms with E-state index in [0.717, 1.165) is 12.8 Å². The summed E-state index contributed by atoms with van der Waals surface area (Å²) in [4.78, 5) is 11.6. The number of nitrogens with zero attached hydrogens (tertiary/aromatic N) is 1. The number of aliphatic hydroxyl groups is 1. The molecule has 0 atom stereocenters. The highest BCUT2D eigenvalue weighted by Crippen LogP contribution is 2.34. The van der Waals surface area contributed by atoms with Gasteiger partial charge in [-0.1, -0.05) is 5.16 Å². The number of nitrogens with one attached hydrogen (secondary N) is 1. The molecule has 5 nitrogen and oxygen atoms in total. The van der Waals surface area contributed by atoms with Crippen molar-refractivity contribution in [1.29, 1.82) is 0 Å². The van der Waals surface area contributed by atoms with E-state index in [-0.39, 0.29) is 18.1 Å². The fourth-order valence-electron chi connectivity index (χ4n) is 1.30. The zero-order valence-electron chi connectivity index (χ0n) is 7.91. The summed E-state index contributed by atoms with van der Waals surface area (Å²) in [6.07, 6.45) is 3.05. The monoisotopic (exact) mass is 196 g/mol. The summed E-state index contributed by atoms with van der Waals surface area (Å²) in [5.41, 5.74) is 0.0468. The fraction of sp³-hybridized carbons (Fsp3) is 0.556. The summed E-state index contributed by atoms with van der Waals surface area (Å²) in [7, 11) is 0. The molecule has 1 aliphatic rings. The molecular weight excluding hydrogens is 184 g/mol. The molecule has 5 heteroatoms. The molecule has 2 rings (SSSR count). The van der Waals surface area contributed by atoms with Crippen LogP contribution in [0, 0.1) is 6.92 Å². The SMILES string of the molecule is Cc1oncc1C(=O)NC1(CO)CC1. The van der Waals surface area contributed by atoms with Crippen LogP contribution in [0.1, 0.15) is 29.0 Å². The van der Waals surface area contributed by atoms with Crippen LogP contribution in [0.2, 0.25) is 0 Å². The van der Waals surface area contributed by atoms with Crippen LogP contribution in [-0.2, 0) is 0 Å². The van der Waals surface area contributed by atoms with Gasteiger partial charge in [-0.15, -0.1) is 0 Å². The van der Waals surface area contributed by atoms with Gasteiger partial charge < -0.3 is 14.9 Å². The van der Waals surface area contributed by atoms with Crippen molar-refractivity contribution >= 4 is 5.91 Å². The summed E-state index contributed by atoms with van der Waals surface area (Å²) in [6, 6.07) is 0. The first-order chi connectivity index (χ1) is 6.67. The molecule has 76 valence electrons. The molecule has 2 N–H and O–H groups in total. The van der Waals surface area contributed by atoms with Crippen molar-refractivity contribution < 1.29 is 14.4 Å². The second-order valence-corrected chi connectivity index (χ2v) is 3.69. The lowest BCUT2D eigenvalue weighted by Crippen LogP contribution is -2.39. The molecule has 1 aliphatic carbocycles. The maximum Gasteiger partial charge on any atom is 0.257 e. The normalized spacial score (nSPS) is 17.9. The second-order valence-electron chi connectivity index (χ2n) is 3.69. The van der Waals surface area contributed by atoms with Crippen LogP contribution in [-0.4, -0.2) is 28.3 Å². The van der Waals surface area contributed by atoms with Gasteiger partial charge in [0.1, 0.15) is 11.3 Å². The zero-order valence-corrected chi connectivity index (χ0v) is 7.91. The van der Waals surface area contributed by atoms with Crippen LogP contribution in [0.25, 0.3) is 0 Å². The molecule has 1 fully saturated rings. The first-order valence-electron chi connectivity index (χ1n) is 4.51. The summed E-state index contributed by atoms with van der Waals surface area (Å²) in [5.74, 6) is 0.270. The first kappa shape index (κ1) is 9.21. The van der Waals surface area contributed by atoms with Gasteiger partial charge in [0.15, 0.2) is 0 Å². The molecule has 0 radical (unpaired) electrons. The minimum Gasteiger partial charge on any atom is -0.394 e. The Morgan fingerprint density at radius 1 is 1.79 bits per heavy atom. The topological polar surface area (TPSA) is 75.4 Å². The Morgan fingerprint density at radius 3 is 2.93 bits per heavy atom. The minimum atomic E-state index is -0.388. The van der Waals surface area contributed by atoms with Crippen molar-refractivity contribution in [3.05, 3.63) is 17.5 Å². The molecule has 0 saturated heterocycles. The quantitative estimate of drug-likeness (QED) is 0.726. The Hall–Kier alpha value is -1.36. The van der Waals surface area contributed by atoms with E-state index in [4.69, 9.17) is 9.63 Å². The van der Waals surface area contributed by atoms with Crippen LogP contribution in [0.4, 0.5) is 0 Å². The van der Waals surface area contributed by atoms with Gasteiger partial charge >= 0.3 is 0 Å².